The normalized spacial score (nSPS) is 11.8. The Morgan fingerprint density at radius 2 is 1.94 bits per heavy atom. The highest BCUT2D eigenvalue weighted by Gasteiger charge is 2.15. The van der Waals surface area contributed by atoms with Crippen LogP contribution in [0.2, 0.25) is 0 Å². The number of fused-ring (bicyclic) bond motifs is 1. The van der Waals surface area contributed by atoms with Gasteiger partial charge >= 0.3 is 5.63 Å². The van der Waals surface area contributed by atoms with Gasteiger partial charge < -0.3 is 9.52 Å². The molecule has 0 atom stereocenters. The molecule has 0 unspecified atom stereocenters. The molecule has 1 aromatic carbocycles. The van der Waals surface area contributed by atoms with E-state index in [1.165, 1.54) is 24.3 Å². The summed E-state index contributed by atoms with van der Waals surface area (Å²) in [4.78, 5) is 11.0. The summed E-state index contributed by atoms with van der Waals surface area (Å²) in [5.74, 6) is -0.0530. The maximum Gasteiger partial charge on any atom is 0.355 e. The fourth-order valence-electron chi connectivity index (χ4n) is 1.34. The molecule has 0 saturated heterocycles. The van der Waals surface area contributed by atoms with Crippen molar-refractivity contribution in [2.75, 3.05) is 6.26 Å². The molecule has 0 saturated carbocycles. The van der Waals surface area contributed by atoms with Crippen LogP contribution in [0.5, 0.6) is 5.75 Å². The second-order valence-electron chi connectivity index (χ2n) is 3.39. The van der Waals surface area contributed by atoms with Crippen molar-refractivity contribution in [1.82, 2.24) is 0 Å². The van der Waals surface area contributed by atoms with E-state index >= 15 is 0 Å². The molecule has 0 aliphatic heterocycles. The van der Waals surface area contributed by atoms with Crippen LogP contribution < -0.4 is 5.63 Å². The minimum atomic E-state index is -3.60. The van der Waals surface area contributed by atoms with Crippen LogP contribution in [0.25, 0.3) is 11.0 Å². The number of phenols is 1. The molecule has 1 aromatic heterocycles. The van der Waals surface area contributed by atoms with Crippen molar-refractivity contribution in [1.29, 1.82) is 0 Å². The van der Waals surface area contributed by atoms with Crippen LogP contribution in [0.1, 0.15) is 0 Å². The summed E-state index contributed by atoms with van der Waals surface area (Å²) < 4.78 is 27.3. The molecule has 0 fully saturated rings. The molecule has 16 heavy (non-hydrogen) atoms. The lowest BCUT2D eigenvalue weighted by atomic mass is 10.2. The van der Waals surface area contributed by atoms with E-state index in [2.05, 4.69) is 0 Å². The number of benzene rings is 1. The summed E-state index contributed by atoms with van der Waals surface area (Å²) in [6.45, 7) is 0. The number of sulfone groups is 1. The lowest BCUT2D eigenvalue weighted by Gasteiger charge is -2.00. The van der Waals surface area contributed by atoms with E-state index in [1.807, 2.05) is 0 Å². The van der Waals surface area contributed by atoms with E-state index in [-0.39, 0.29) is 16.2 Å². The minimum absolute atomic E-state index is 0.0530. The van der Waals surface area contributed by atoms with E-state index < -0.39 is 15.5 Å². The number of hydrogen-bond acceptors (Lipinski definition) is 5. The second-order valence-corrected chi connectivity index (χ2v) is 5.38. The Morgan fingerprint density at radius 3 is 2.56 bits per heavy atom. The molecule has 0 spiro atoms. The van der Waals surface area contributed by atoms with Crippen molar-refractivity contribution < 1.29 is 17.9 Å². The van der Waals surface area contributed by atoms with E-state index in [0.717, 1.165) is 6.26 Å². The zero-order chi connectivity index (χ0) is 11.9. The first-order chi connectivity index (χ1) is 7.38. The monoisotopic (exact) mass is 240 g/mol. The molecular weight excluding hydrogens is 232 g/mol. The SMILES string of the molecule is CS(=O)(=O)c1cc2ccc(O)cc2oc1=O. The van der Waals surface area contributed by atoms with E-state index in [1.54, 1.807) is 0 Å². The molecule has 0 bridgehead atoms. The molecule has 0 aliphatic carbocycles. The lowest BCUT2D eigenvalue weighted by molar-refractivity contribution is 0.472. The largest absolute Gasteiger partial charge is 0.508 e. The topological polar surface area (TPSA) is 84.6 Å². The van der Waals surface area contributed by atoms with Crippen LogP contribution >= 0.6 is 0 Å². The number of aromatic hydroxyl groups is 1. The zero-order valence-corrected chi connectivity index (χ0v) is 9.11. The highest BCUT2D eigenvalue weighted by molar-refractivity contribution is 7.90. The summed E-state index contributed by atoms with van der Waals surface area (Å²) >= 11 is 0. The highest BCUT2D eigenvalue weighted by atomic mass is 32.2. The van der Waals surface area contributed by atoms with Gasteiger partial charge in [-0.15, -0.1) is 0 Å². The van der Waals surface area contributed by atoms with Gasteiger partial charge in [-0.1, -0.05) is 0 Å². The molecule has 2 rings (SSSR count). The Morgan fingerprint density at radius 1 is 1.25 bits per heavy atom. The summed E-state index contributed by atoms with van der Waals surface area (Å²) in [6, 6.07) is 5.34. The van der Waals surface area contributed by atoms with Crippen LogP contribution in [-0.4, -0.2) is 19.8 Å². The summed E-state index contributed by atoms with van der Waals surface area (Å²) in [5.41, 5.74) is -0.780. The highest BCUT2D eigenvalue weighted by Crippen LogP contribution is 2.20. The molecule has 84 valence electrons. The molecule has 6 heteroatoms. The summed E-state index contributed by atoms with van der Waals surface area (Å²) in [6.07, 6.45) is 0.936. The molecule has 2 aromatic rings. The molecular formula is C10H8O5S. The van der Waals surface area contributed by atoms with Crippen LogP contribution in [0.15, 0.2) is 38.4 Å². The smallest absolute Gasteiger partial charge is 0.355 e. The van der Waals surface area contributed by atoms with Crippen molar-refractivity contribution in [3.8, 4) is 5.75 Å². The molecule has 0 radical (unpaired) electrons. The van der Waals surface area contributed by atoms with E-state index in [4.69, 9.17) is 4.42 Å². The number of phenolic OH excluding ortho intramolecular Hbond substituents is 1. The molecule has 0 amide bonds. The quantitative estimate of drug-likeness (QED) is 0.748. The second kappa shape index (κ2) is 3.34. The van der Waals surface area contributed by atoms with Gasteiger partial charge in [0.05, 0.1) is 0 Å². The Hall–Kier alpha value is -1.82. The van der Waals surface area contributed by atoms with Gasteiger partial charge in [0.15, 0.2) is 14.7 Å². The Labute approximate surface area is 90.9 Å². The Kier molecular flexibility index (Phi) is 2.23. The first-order valence-corrected chi connectivity index (χ1v) is 6.24. The van der Waals surface area contributed by atoms with Gasteiger partial charge in [-0.25, -0.2) is 13.2 Å². The van der Waals surface area contributed by atoms with Crippen LogP contribution in [-0.2, 0) is 9.84 Å². The number of hydrogen-bond donors (Lipinski definition) is 1. The lowest BCUT2D eigenvalue weighted by Crippen LogP contribution is -2.12. The van der Waals surface area contributed by atoms with Gasteiger partial charge in [0.1, 0.15) is 11.3 Å². The van der Waals surface area contributed by atoms with E-state index in [0.29, 0.717) is 5.39 Å². The first kappa shape index (κ1) is 10.7. The van der Waals surface area contributed by atoms with Gasteiger partial charge in [-0.05, 0) is 18.2 Å². The molecule has 1 N–H and O–H groups in total. The molecule has 1 heterocycles. The van der Waals surface area contributed by atoms with Gasteiger partial charge in [-0.2, -0.15) is 0 Å². The van der Waals surface area contributed by atoms with Crippen molar-refractivity contribution in [3.63, 3.8) is 0 Å². The average Bonchev–Trinajstić information content (AvgIpc) is 2.14. The first-order valence-electron chi connectivity index (χ1n) is 4.35. The van der Waals surface area contributed by atoms with Crippen molar-refractivity contribution in [3.05, 3.63) is 34.7 Å². The fraction of sp³-hybridized carbons (Fsp3) is 0.100. The third-order valence-electron chi connectivity index (χ3n) is 2.09. The molecule has 5 nitrogen and oxygen atoms in total. The van der Waals surface area contributed by atoms with Gasteiger partial charge in [0, 0.05) is 17.7 Å². The number of rotatable bonds is 1. The molecule has 0 aliphatic rings. The van der Waals surface area contributed by atoms with Gasteiger partial charge in [-0.3, -0.25) is 0 Å². The predicted molar refractivity (Wildman–Crippen MR) is 57.3 cm³/mol. The fourth-order valence-corrected chi connectivity index (χ4v) is 2.02. The van der Waals surface area contributed by atoms with Gasteiger partial charge in [0.2, 0.25) is 0 Å². The van der Waals surface area contributed by atoms with Crippen LogP contribution in [0.4, 0.5) is 0 Å². The van der Waals surface area contributed by atoms with E-state index in [9.17, 15) is 18.3 Å². The van der Waals surface area contributed by atoms with Crippen molar-refractivity contribution >= 4 is 20.8 Å². The Balaban J connectivity index is 2.88. The minimum Gasteiger partial charge on any atom is -0.508 e. The standard InChI is InChI=1S/C10H8O5S/c1-16(13,14)9-4-6-2-3-7(11)5-8(6)15-10(9)12/h2-5,11H,1H3. The average molecular weight is 240 g/mol. The third-order valence-corrected chi connectivity index (χ3v) is 3.17. The summed E-state index contributed by atoms with van der Waals surface area (Å²) in [7, 11) is -3.60. The van der Waals surface area contributed by atoms with Gasteiger partial charge in [0.25, 0.3) is 0 Å². The Bertz CT molecular complexity index is 712. The van der Waals surface area contributed by atoms with Crippen LogP contribution in [0, 0.1) is 0 Å². The van der Waals surface area contributed by atoms with Crippen molar-refractivity contribution in [2.45, 2.75) is 4.90 Å². The third kappa shape index (κ3) is 1.79. The summed E-state index contributed by atoms with van der Waals surface area (Å²) in [5, 5.41) is 9.61. The van der Waals surface area contributed by atoms with Crippen LogP contribution in [0.3, 0.4) is 0 Å². The maximum absolute atomic E-state index is 11.4. The predicted octanol–water partition coefficient (Wildman–Crippen LogP) is 0.902. The zero-order valence-electron chi connectivity index (χ0n) is 8.30. The maximum atomic E-state index is 11.4. The van der Waals surface area contributed by atoms with Crippen molar-refractivity contribution in [2.24, 2.45) is 0 Å².